The maximum absolute atomic E-state index is 12.5. The number of rotatable bonds is 2. The van der Waals surface area contributed by atoms with Crippen molar-refractivity contribution in [2.45, 2.75) is 6.92 Å². The number of hydrogen-bond acceptors (Lipinski definition) is 2. The zero-order chi connectivity index (χ0) is 14.1. The first-order valence-electron chi connectivity index (χ1n) is 6.31. The smallest absolute Gasteiger partial charge is 0.193 e. The van der Waals surface area contributed by atoms with Gasteiger partial charge in [0.1, 0.15) is 0 Å². The zero-order valence-corrected chi connectivity index (χ0v) is 12.5. The predicted molar refractivity (Wildman–Crippen MR) is 84.1 cm³/mol. The van der Waals surface area contributed by atoms with E-state index < -0.39 is 0 Å². The SMILES string of the molecule is Cc1ccc(C(=O)c2ccc3ncccc3c2)cc1Br. The molecular weight excluding hydrogens is 314 g/mol. The van der Waals surface area contributed by atoms with Crippen molar-refractivity contribution in [2.24, 2.45) is 0 Å². The molecule has 0 aliphatic carbocycles. The maximum Gasteiger partial charge on any atom is 0.193 e. The van der Waals surface area contributed by atoms with E-state index in [0.29, 0.717) is 11.1 Å². The average Bonchev–Trinajstić information content (AvgIpc) is 2.49. The van der Waals surface area contributed by atoms with Crippen LogP contribution in [-0.4, -0.2) is 10.8 Å². The summed E-state index contributed by atoms with van der Waals surface area (Å²) in [6.45, 7) is 2.00. The van der Waals surface area contributed by atoms with E-state index in [1.54, 1.807) is 6.20 Å². The summed E-state index contributed by atoms with van der Waals surface area (Å²) >= 11 is 3.46. The Balaban J connectivity index is 2.05. The molecule has 3 rings (SSSR count). The summed E-state index contributed by atoms with van der Waals surface area (Å²) in [7, 11) is 0. The highest BCUT2D eigenvalue weighted by molar-refractivity contribution is 9.10. The standard InChI is InChI=1S/C17H12BrNO/c1-11-4-5-14(10-15(11)18)17(20)13-6-7-16-12(9-13)3-2-8-19-16/h2-10H,1H3. The molecule has 2 aromatic carbocycles. The Morgan fingerprint density at radius 3 is 2.60 bits per heavy atom. The van der Waals surface area contributed by atoms with E-state index in [1.165, 1.54) is 0 Å². The number of hydrogen-bond donors (Lipinski definition) is 0. The van der Waals surface area contributed by atoms with Crippen LogP contribution in [0.15, 0.2) is 59.2 Å². The van der Waals surface area contributed by atoms with Gasteiger partial charge in [-0.3, -0.25) is 9.78 Å². The minimum atomic E-state index is 0.0245. The largest absolute Gasteiger partial charge is 0.289 e. The fourth-order valence-electron chi connectivity index (χ4n) is 2.12. The number of nitrogens with zero attached hydrogens (tertiary/aromatic N) is 1. The summed E-state index contributed by atoms with van der Waals surface area (Å²) in [4.78, 5) is 16.8. The minimum Gasteiger partial charge on any atom is -0.289 e. The van der Waals surface area contributed by atoms with Crippen LogP contribution in [0, 0.1) is 6.92 Å². The Hall–Kier alpha value is -2.00. The van der Waals surface area contributed by atoms with Gasteiger partial charge in [-0.1, -0.05) is 34.1 Å². The Labute approximate surface area is 125 Å². The van der Waals surface area contributed by atoms with Gasteiger partial charge in [-0.2, -0.15) is 0 Å². The third-order valence-electron chi connectivity index (χ3n) is 3.30. The number of pyridine rings is 1. The molecule has 1 aromatic heterocycles. The Kier molecular flexibility index (Phi) is 3.36. The van der Waals surface area contributed by atoms with Crippen LogP contribution in [-0.2, 0) is 0 Å². The molecule has 3 heteroatoms. The lowest BCUT2D eigenvalue weighted by Gasteiger charge is -2.05. The molecule has 0 saturated heterocycles. The van der Waals surface area contributed by atoms with Crippen LogP contribution in [0.1, 0.15) is 21.5 Å². The van der Waals surface area contributed by atoms with Crippen molar-refractivity contribution in [1.29, 1.82) is 0 Å². The summed E-state index contributed by atoms with van der Waals surface area (Å²) in [5.41, 5.74) is 3.38. The Morgan fingerprint density at radius 1 is 1.05 bits per heavy atom. The molecule has 2 nitrogen and oxygen atoms in total. The second kappa shape index (κ2) is 5.17. The van der Waals surface area contributed by atoms with Gasteiger partial charge in [0, 0.05) is 27.2 Å². The monoisotopic (exact) mass is 325 g/mol. The number of aryl methyl sites for hydroxylation is 1. The number of ketones is 1. The maximum atomic E-state index is 12.5. The van der Waals surface area contributed by atoms with E-state index in [1.807, 2.05) is 55.5 Å². The number of carbonyl (C=O) groups excluding carboxylic acids is 1. The molecule has 0 unspecified atom stereocenters. The third-order valence-corrected chi connectivity index (χ3v) is 4.15. The first-order valence-corrected chi connectivity index (χ1v) is 7.10. The first kappa shape index (κ1) is 13.0. The minimum absolute atomic E-state index is 0.0245. The topological polar surface area (TPSA) is 30.0 Å². The van der Waals surface area contributed by atoms with Gasteiger partial charge in [0.05, 0.1) is 5.52 Å². The van der Waals surface area contributed by atoms with E-state index >= 15 is 0 Å². The van der Waals surface area contributed by atoms with Gasteiger partial charge in [0.25, 0.3) is 0 Å². The molecule has 3 aromatic rings. The highest BCUT2D eigenvalue weighted by atomic mass is 79.9. The third kappa shape index (κ3) is 2.37. The van der Waals surface area contributed by atoms with E-state index in [-0.39, 0.29) is 5.78 Å². The predicted octanol–water partition coefficient (Wildman–Crippen LogP) is 4.54. The van der Waals surface area contributed by atoms with Crippen molar-refractivity contribution in [3.8, 4) is 0 Å². The summed E-state index contributed by atoms with van der Waals surface area (Å²) in [5.74, 6) is 0.0245. The van der Waals surface area contributed by atoms with E-state index in [2.05, 4.69) is 20.9 Å². The molecule has 0 radical (unpaired) electrons. The second-order valence-electron chi connectivity index (χ2n) is 4.70. The fourth-order valence-corrected chi connectivity index (χ4v) is 2.50. The molecule has 0 aliphatic heterocycles. The van der Waals surface area contributed by atoms with Crippen molar-refractivity contribution >= 4 is 32.6 Å². The lowest BCUT2D eigenvalue weighted by molar-refractivity contribution is 0.103. The number of halogens is 1. The highest BCUT2D eigenvalue weighted by Gasteiger charge is 2.10. The molecule has 0 bridgehead atoms. The van der Waals surface area contributed by atoms with Crippen LogP contribution >= 0.6 is 15.9 Å². The van der Waals surface area contributed by atoms with Gasteiger partial charge in [-0.15, -0.1) is 0 Å². The molecule has 98 valence electrons. The molecule has 20 heavy (non-hydrogen) atoms. The van der Waals surface area contributed by atoms with Crippen molar-refractivity contribution in [1.82, 2.24) is 4.98 Å². The van der Waals surface area contributed by atoms with Crippen molar-refractivity contribution in [3.63, 3.8) is 0 Å². The van der Waals surface area contributed by atoms with Crippen LogP contribution in [0.4, 0.5) is 0 Å². The lowest BCUT2D eigenvalue weighted by atomic mass is 10.0. The summed E-state index contributed by atoms with van der Waals surface area (Å²) in [5, 5.41) is 0.976. The number of aromatic nitrogens is 1. The van der Waals surface area contributed by atoms with Crippen LogP contribution in [0.3, 0.4) is 0 Å². The molecule has 0 spiro atoms. The zero-order valence-electron chi connectivity index (χ0n) is 10.9. The molecular formula is C17H12BrNO. The van der Waals surface area contributed by atoms with Gasteiger partial charge in [0.15, 0.2) is 5.78 Å². The number of fused-ring (bicyclic) bond motifs is 1. The molecule has 1 heterocycles. The molecule has 0 N–H and O–H groups in total. The van der Waals surface area contributed by atoms with Gasteiger partial charge in [0.2, 0.25) is 0 Å². The van der Waals surface area contributed by atoms with Gasteiger partial charge < -0.3 is 0 Å². The van der Waals surface area contributed by atoms with Crippen LogP contribution in [0.25, 0.3) is 10.9 Å². The van der Waals surface area contributed by atoms with Gasteiger partial charge in [-0.05, 0) is 42.8 Å². The van der Waals surface area contributed by atoms with E-state index in [0.717, 1.165) is 20.9 Å². The molecule has 0 aliphatic rings. The van der Waals surface area contributed by atoms with E-state index in [4.69, 9.17) is 0 Å². The fraction of sp³-hybridized carbons (Fsp3) is 0.0588. The lowest BCUT2D eigenvalue weighted by Crippen LogP contribution is -2.01. The van der Waals surface area contributed by atoms with Gasteiger partial charge in [-0.25, -0.2) is 0 Å². The van der Waals surface area contributed by atoms with Gasteiger partial charge >= 0.3 is 0 Å². The average molecular weight is 326 g/mol. The summed E-state index contributed by atoms with van der Waals surface area (Å²) in [6.07, 6.45) is 1.75. The van der Waals surface area contributed by atoms with Crippen LogP contribution in [0.2, 0.25) is 0 Å². The first-order chi connectivity index (χ1) is 9.65. The van der Waals surface area contributed by atoms with E-state index in [9.17, 15) is 4.79 Å². The number of benzene rings is 2. The Bertz CT molecular complexity index is 811. The van der Waals surface area contributed by atoms with Crippen LogP contribution in [0.5, 0.6) is 0 Å². The number of carbonyl (C=O) groups is 1. The molecule has 0 saturated carbocycles. The molecule has 0 fully saturated rings. The van der Waals surface area contributed by atoms with Crippen molar-refractivity contribution < 1.29 is 4.79 Å². The summed E-state index contributed by atoms with van der Waals surface area (Å²) in [6, 6.07) is 15.1. The van der Waals surface area contributed by atoms with Crippen molar-refractivity contribution in [2.75, 3.05) is 0 Å². The normalized spacial score (nSPS) is 10.7. The Morgan fingerprint density at radius 2 is 1.80 bits per heavy atom. The second-order valence-corrected chi connectivity index (χ2v) is 5.56. The highest BCUT2D eigenvalue weighted by Crippen LogP contribution is 2.21. The molecule has 0 amide bonds. The quantitative estimate of drug-likeness (QED) is 0.647. The molecule has 0 atom stereocenters. The van der Waals surface area contributed by atoms with Crippen LogP contribution < -0.4 is 0 Å². The van der Waals surface area contributed by atoms with Crippen molar-refractivity contribution in [3.05, 3.63) is 75.9 Å². The summed E-state index contributed by atoms with van der Waals surface area (Å²) < 4.78 is 0.950.